The third-order valence-electron chi connectivity index (χ3n) is 4.31. The molecule has 150 valence electrons. The van der Waals surface area contributed by atoms with Crippen molar-refractivity contribution in [3.8, 4) is 0 Å². The van der Waals surface area contributed by atoms with Gasteiger partial charge in [-0.15, -0.1) is 0 Å². The van der Waals surface area contributed by atoms with Gasteiger partial charge in [-0.2, -0.15) is 4.98 Å². The Bertz CT molecular complexity index is 979. The van der Waals surface area contributed by atoms with Crippen LogP contribution in [0.2, 0.25) is 0 Å². The van der Waals surface area contributed by atoms with Gasteiger partial charge in [-0.25, -0.2) is 9.78 Å². The molecule has 0 amide bonds. The lowest BCUT2D eigenvalue weighted by Crippen LogP contribution is -2.14. The van der Waals surface area contributed by atoms with Crippen molar-refractivity contribution in [3.63, 3.8) is 0 Å². The highest BCUT2D eigenvalue weighted by molar-refractivity contribution is 5.89. The third-order valence-corrected chi connectivity index (χ3v) is 4.31. The molecule has 3 rings (SSSR count). The first kappa shape index (κ1) is 20.3. The second-order valence-electron chi connectivity index (χ2n) is 7.61. The minimum Gasteiger partial charge on any atom is -0.462 e. The van der Waals surface area contributed by atoms with Gasteiger partial charge >= 0.3 is 5.97 Å². The van der Waals surface area contributed by atoms with E-state index in [9.17, 15) is 4.79 Å². The average molecular weight is 390 g/mol. The zero-order chi connectivity index (χ0) is 20.9. The van der Waals surface area contributed by atoms with Gasteiger partial charge in [-0.3, -0.25) is 0 Å². The number of benzene rings is 2. The largest absolute Gasteiger partial charge is 0.462 e. The van der Waals surface area contributed by atoms with E-state index < -0.39 is 0 Å². The first-order valence-corrected chi connectivity index (χ1v) is 9.60. The number of anilines is 4. The highest BCUT2D eigenvalue weighted by Crippen LogP contribution is 2.30. The summed E-state index contributed by atoms with van der Waals surface area (Å²) in [5.41, 5.74) is 3.51. The molecule has 0 aliphatic heterocycles. The molecule has 1 aromatic heterocycles. The van der Waals surface area contributed by atoms with Crippen LogP contribution in [0.25, 0.3) is 0 Å². The van der Waals surface area contributed by atoms with E-state index in [-0.39, 0.29) is 11.4 Å². The van der Waals surface area contributed by atoms with Crippen LogP contribution in [0.1, 0.15) is 43.6 Å². The van der Waals surface area contributed by atoms with Crippen molar-refractivity contribution in [3.05, 3.63) is 71.9 Å². The lowest BCUT2D eigenvalue weighted by Gasteiger charge is -2.23. The Morgan fingerprint density at radius 2 is 1.72 bits per heavy atom. The Labute approximate surface area is 171 Å². The summed E-state index contributed by atoms with van der Waals surface area (Å²) >= 11 is 0. The number of rotatable bonds is 6. The Hall–Kier alpha value is -3.41. The molecule has 0 radical (unpaired) electrons. The molecule has 1 heterocycles. The van der Waals surface area contributed by atoms with E-state index in [1.165, 1.54) is 5.56 Å². The van der Waals surface area contributed by atoms with Gasteiger partial charge in [0.05, 0.1) is 12.2 Å². The molecule has 6 nitrogen and oxygen atoms in total. The van der Waals surface area contributed by atoms with E-state index in [0.29, 0.717) is 23.9 Å². The number of carbonyl (C=O) groups is 1. The van der Waals surface area contributed by atoms with Crippen molar-refractivity contribution in [2.45, 2.75) is 33.1 Å². The van der Waals surface area contributed by atoms with Gasteiger partial charge in [-0.05, 0) is 54.3 Å². The molecular weight excluding hydrogens is 364 g/mol. The fraction of sp³-hybridized carbons (Fsp3) is 0.261. The van der Waals surface area contributed by atoms with Crippen LogP contribution >= 0.6 is 0 Å². The van der Waals surface area contributed by atoms with Crippen molar-refractivity contribution in [2.75, 3.05) is 17.2 Å². The number of para-hydroxylation sites is 1. The average Bonchev–Trinajstić information content (AvgIpc) is 2.69. The highest BCUT2D eigenvalue weighted by atomic mass is 16.5. The highest BCUT2D eigenvalue weighted by Gasteiger charge is 2.18. The maximum absolute atomic E-state index is 11.8. The molecule has 0 bridgehead atoms. The van der Waals surface area contributed by atoms with Crippen LogP contribution in [0, 0.1) is 0 Å². The van der Waals surface area contributed by atoms with Gasteiger partial charge in [0, 0.05) is 17.6 Å². The van der Waals surface area contributed by atoms with Crippen LogP contribution in [0.3, 0.4) is 0 Å². The maximum Gasteiger partial charge on any atom is 0.338 e. The summed E-state index contributed by atoms with van der Waals surface area (Å²) in [6.45, 7) is 8.66. The van der Waals surface area contributed by atoms with Gasteiger partial charge in [0.15, 0.2) is 0 Å². The Balaban J connectivity index is 1.75. The van der Waals surface area contributed by atoms with Crippen molar-refractivity contribution < 1.29 is 9.53 Å². The third kappa shape index (κ3) is 5.31. The standard InChI is InChI=1S/C23H26N4O2/c1-5-29-21(28)16-10-12-17(13-11-16)25-20-14-15-24-22(27-20)26-19-9-7-6-8-18(19)23(2,3)4/h6-15H,5H2,1-4H3,(H2,24,25,26,27). The van der Waals surface area contributed by atoms with Crippen LogP contribution in [-0.2, 0) is 10.2 Å². The molecule has 0 atom stereocenters. The summed E-state index contributed by atoms with van der Waals surface area (Å²) in [5, 5.41) is 6.55. The van der Waals surface area contributed by atoms with Crippen molar-refractivity contribution in [1.82, 2.24) is 9.97 Å². The number of ether oxygens (including phenoxy) is 1. The van der Waals surface area contributed by atoms with Crippen LogP contribution in [0.4, 0.5) is 23.1 Å². The Kier molecular flexibility index (Phi) is 6.12. The molecule has 2 N–H and O–H groups in total. The van der Waals surface area contributed by atoms with E-state index in [4.69, 9.17) is 4.74 Å². The number of nitrogens with zero attached hydrogens (tertiary/aromatic N) is 2. The number of hydrogen-bond acceptors (Lipinski definition) is 6. The molecule has 3 aromatic rings. The number of nitrogens with one attached hydrogen (secondary N) is 2. The van der Waals surface area contributed by atoms with Gasteiger partial charge in [-0.1, -0.05) is 39.0 Å². The fourth-order valence-corrected chi connectivity index (χ4v) is 2.91. The summed E-state index contributed by atoms with van der Waals surface area (Å²) in [5.74, 6) is 0.833. The summed E-state index contributed by atoms with van der Waals surface area (Å²) in [6, 6.07) is 17.0. The minimum absolute atomic E-state index is 0.000123. The zero-order valence-corrected chi connectivity index (χ0v) is 17.2. The van der Waals surface area contributed by atoms with Gasteiger partial charge in [0.25, 0.3) is 0 Å². The van der Waals surface area contributed by atoms with E-state index >= 15 is 0 Å². The molecule has 29 heavy (non-hydrogen) atoms. The number of esters is 1. The van der Waals surface area contributed by atoms with E-state index in [2.05, 4.69) is 47.4 Å². The quantitative estimate of drug-likeness (QED) is 0.546. The predicted molar refractivity (Wildman–Crippen MR) is 116 cm³/mol. The maximum atomic E-state index is 11.8. The minimum atomic E-state index is -0.329. The molecule has 2 aromatic carbocycles. The van der Waals surface area contributed by atoms with Crippen LogP contribution in [0.5, 0.6) is 0 Å². The van der Waals surface area contributed by atoms with Crippen LogP contribution in [0.15, 0.2) is 60.8 Å². The molecule has 0 unspecified atom stereocenters. The molecule has 0 aliphatic rings. The molecule has 0 aliphatic carbocycles. The first-order chi connectivity index (χ1) is 13.9. The second kappa shape index (κ2) is 8.73. The van der Waals surface area contributed by atoms with E-state index in [0.717, 1.165) is 11.4 Å². The predicted octanol–water partition coefficient (Wildman–Crippen LogP) is 5.44. The van der Waals surface area contributed by atoms with Gasteiger partial charge < -0.3 is 15.4 Å². The van der Waals surface area contributed by atoms with E-state index in [1.54, 1.807) is 31.3 Å². The molecule has 0 saturated carbocycles. The number of hydrogen-bond donors (Lipinski definition) is 2. The van der Waals surface area contributed by atoms with Crippen LogP contribution in [-0.4, -0.2) is 22.5 Å². The molecular formula is C23H26N4O2. The monoisotopic (exact) mass is 390 g/mol. The molecule has 0 saturated heterocycles. The number of carbonyl (C=O) groups excluding carboxylic acids is 1. The first-order valence-electron chi connectivity index (χ1n) is 9.60. The molecule has 6 heteroatoms. The van der Waals surface area contributed by atoms with Crippen molar-refractivity contribution >= 4 is 29.1 Å². The topological polar surface area (TPSA) is 76.1 Å². The normalized spacial score (nSPS) is 11.0. The Morgan fingerprint density at radius 3 is 2.41 bits per heavy atom. The fourth-order valence-electron chi connectivity index (χ4n) is 2.91. The molecule has 0 fully saturated rings. The summed E-state index contributed by atoms with van der Waals surface area (Å²) in [4.78, 5) is 20.6. The summed E-state index contributed by atoms with van der Waals surface area (Å²) in [6.07, 6.45) is 1.70. The van der Waals surface area contributed by atoms with Gasteiger partial charge in [0.1, 0.15) is 5.82 Å². The SMILES string of the molecule is CCOC(=O)c1ccc(Nc2ccnc(Nc3ccccc3C(C)(C)C)n2)cc1. The van der Waals surface area contributed by atoms with Crippen LogP contribution < -0.4 is 10.6 Å². The summed E-state index contributed by atoms with van der Waals surface area (Å²) < 4.78 is 5.00. The van der Waals surface area contributed by atoms with E-state index in [1.807, 2.05) is 30.3 Å². The van der Waals surface area contributed by atoms with Crippen molar-refractivity contribution in [2.24, 2.45) is 0 Å². The lowest BCUT2D eigenvalue weighted by atomic mass is 9.86. The zero-order valence-electron chi connectivity index (χ0n) is 17.2. The Morgan fingerprint density at radius 1 is 1.00 bits per heavy atom. The molecule has 0 spiro atoms. The number of aromatic nitrogens is 2. The summed E-state index contributed by atoms with van der Waals surface area (Å²) in [7, 11) is 0. The lowest BCUT2D eigenvalue weighted by molar-refractivity contribution is 0.0526. The second-order valence-corrected chi connectivity index (χ2v) is 7.61. The van der Waals surface area contributed by atoms with Gasteiger partial charge in [0.2, 0.25) is 5.95 Å². The smallest absolute Gasteiger partial charge is 0.338 e. The van der Waals surface area contributed by atoms with Crippen molar-refractivity contribution in [1.29, 1.82) is 0 Å².